The lowest BCUT2D eigenvalue weighted by atomic mass is 14.5. The molecule has 1 aliphatic heterocycles. The van der Waals surface area contributed by atoms with Gasteiger partial charge in [0, 0.05) is 0 Å². The lowest BCUT2D eigenvalue weighted by Gasteiger charge is -2.06. The Morgan fingerprint density at radius 3 is 1.50 bits per heavy atom. The Hall–Kier alpha value is 0.0969. The Balaban J connectivity index is 2.00. The SMILES string of the molecule is O1O[SiH2]O1. The molecule has 24 valence electrons. The standard InChI is InChI=1S/H2O3Si/c1-2-4-3-1/h4H2. The molecule has 0 bridgehead atoms. The summed E-state index contributed by atoms with van der Waals surface area (Å²) in [6.45, 7) is 0. The maximum Gasteiger partial charge on any atom is 0.390 e. The molecule has 0 saturated carbocycles. The van der Waals surface area contributed by atoms with Gasteiger partial charge in [0.15, 0.2) is 0 Å². The average Bonchev–Trinajstić information content (AvgIpc) is 0.722. The Kier molecular flexibility index (Phi) is 0.475. The van der Waals surface area contributed by atoms with Crippen molar-refractivity contribution >= 4 is 10.0 Å². The van der Waals surface area contributed by atoms with Crippen LogP contribution in [0.1, 0.15) is 0 Å². The van der Waals surface area contributed by atoms with Crippen molar-refractivity contribution in [3.8, 4) is 0 Å². The maximum atomic E-state index is 4.14. The summed E-state index contributed by atoms with van der Waals surface area (Å²) in [5.74, 6) is 0. The molecular formula is H2O3Si. The van der Waals surface area contributed by atoms with Gasteiger partial charge >= 0.3 is 10.0 Å². The summed E-state index contributed by atoms with van der Waals surface area (Å²) in [7, 11) is -0.617. The van der Waals surface area contributed by atoms with E-state index in [0.717, 1.165) is 0 Å². The predicted octanol–water partition coefficient (Wildman–Crippen LogP) is -1.12. The van der Waals surface area contributed by atoms with Crippen LogP contribution in [0.5, 0.6) is 0 Å². The van der Waals surface area contributed by atoms with E-state index >= 15 is 0 Å². The van der Waals surface area contributed by atoms with Crippen molar-refractivity contribution in [3.63, 3.8) is 0 Å². The highest BCUT2D eigenvalue weighted by Gasteiger charge is 1.99. The molecule has 4 heteroatoms. The van der Waals surface area contributed by atoms with Crippen LogP contribution in [0.2, 0.25) is 0 Å². The van der Waals surface area contributed by atoms with Gasteiger partial charge in [-0.15, -0.1) is 0 Å². The van der Waals surface area contributed by atoms with Gasteiger partial charge in [-0.05, 0) is 0 Å². The predicted molar refractivity (Wildman–Crippen MR) is 11.8 cm³/mol. The second kappa shape index (κ2) is 0.811. The van der Waals surface area contributed by atoms with Crippen LogP contribution in [-0.4, -0.2) is 10.0 Å². The molecule has 0 aliphatic carbocycles. The summed E-state index contributed by atoms with van der Waals surface area (Å²) in [6.07, 6.45) is 0. The second-order valence-electron chi connectivity index (χ2n) is 0.422. The maximum absolute atomic E-state index is 4.14. The van der Waals surface area contributed by atoms with E-state index in [9.17, 15) is 0 Å². The Morgan fingerprint density at radius 1 is 1.25 bits per heavy atom. The van der Waals surface area contributed by atoms with Crippen LogP contribution in [0.3, 0.4) is 0 Å². The van der Waals surface area contributed by atoms with Crippen LogP contribution in [0.25, 0.3) is 0 Å². The van der Waals surface area contributed by atoms with Crippen LogP contribution < -0.4 is 0 Å². The summed E-state index contributed by atoms with van der Waals surface area (Å²) in [5, 5.41) is 3.78. The van der Waals surface area contributed by atoms with Gasteiger partial charge in [0.2, 0.25) is 0 Å². The van der Waals surface area contributed by atoms with E-state index in [4.69, 9.17) is 0 Å². The molecule has 0 atom stereocenters. The van der Waals surface area contributed by atoms with Crippen molar-refractivity contribution in [1.82, 2.24) is 0 Å². The van der Waals surface area contributed by atoms with E-state index in [2.05, 4.69) is 14.2 Å². The molecule has 0 unspecified atom stereocenters. The van der Waals surface area contributed by atoms with Gasteiger partial charge < -0.3 is 0 Å². The highest BCUT2D eigenvalue weighted by Crippen LogP contribution is 1.86. The van der Waals surface area contributed by atoms with Gasteiger partial charge in [0.1, 0.15) is 0 Å². The molecule has 0 radical (unpaired) electrons. The van der Waals surface area contributed by atoms with E-state index in [0.29, 0.717) is 0 Å². The normalized spacial score (nSPS) is 24.0. The van der Waals surface area contributed by atoms with Gasteiger partial charge in [-0.2, -0.15) is 0 Å². The number of hydrogen-bond acceptors (Lipinski definition) is 3. The van der Waals surface area contributed by atoms with Gasteiger partial charge in [0.25, 0.3) is 0 Å². The fourth-order valence-corrected chi connectivity index (χ4v) is 0.144. The zero-order valence-electron chi connectivity index (χ0n) is 1.93. The summed E-state index contributed by atoms with van der Waals surface area (Å²) in [5.41, 5.74) is 0. The molecule has 1 saturated heterocycles. The van der Waals surface area contributed by atoms with E-state index in [1.807, 2.05) is 0 Å². The molecule has 0 N–H and O–H groups in total. The first kappa shape index (κ1) is 2.34. The molecule has 0 aromatic rings. The number of rotatable bonds is 0. The third kappa shape index (κ3) is 0.150. The highest BCUT2D eigenvalue weighted by molar-refractivity contribution is 6.18. The molecule has 1 fully saturated rings. The van der Waals surface area contributed by atoms with Crippen LogP contribution in [0.4, 0.5) is 0 Å². The fourth-order valence-electron chi connectivity index (χ4n) is 0.0481. The third-order valence-electron chi connectivity index (χ3n) is 0.192. The van der Waals surface area contributed by atoms with Crippen molar-refractivity contribution < 1.29 is 14.2 Å². The zero-order valence-corrected chi connectivity index (χ0v) is 3.35. The molecule has 1 heterocycles. The molecular weight excluding hydrogens is 76.1 g/mol. The molecule has 0 aromatic heterocycles. The molecule has 0 spiro atoms. The largest absolute Gasteiger partial charge is 0.390 e. The Morgan fingerprint density at radius 2 is 1.50 bits per heavy atom. The minimum atomic E-state index is -0.617. The lowest BCUT2D eigenvalue weighted by molar-refractivity contribution is -0.497. The summed E-state index contributed by atoms with van der Waals surface area (Å²) < 4.78 is 8.28. The van der Waals surface area contributed by atoms with Crippen molar-refractivity contribution in [2.24, 2.45) is 0 Å². The van der Waals surface area contributed by atoms with Crippen LogP contribution in [0, 0.1) is 0 Å². The Bertz CT molecular complexity index is 11.2. The monoisotopic (exact) mass is 78.0 g/mol. The quantitative estimate of drug-likeness (QED) is 0.271. The van der Waals surface area contributed by atoms with Crippen LogP contribution in [0.15, 0.2) is 0 Å². The lowest BCUT2D eigenvalue weighted by Crippen LogP contribution is -2.15. The minimum absolute atomic E-state index is 0.617. The fraction of sp³-hybridized carbons (Fsp3) is 0. The van der Waals surface area contributed by atoms with Crippen molar-refractivity contribution in [2.75, 3.05) is 0 Å². The summed E-state index contributed by atoms with van der Waals surface area (Å²) >= 11 is 0. The van der Waals surface area contributed by atoms with E-state index < -0.39 is 10.0 Å². The molecule has 1 aliphatic rings. The van der Waals surface area contributed by atoms with Gasteiger partial charge in [-0.1, -0.05) is 5.04 Å². The summed E-state index contributed by atoms with van der Waals surface area (Å²) in [6, 6.07) is 0. The molecule has 3 nitrogen and oxygen atoms in total. The smallest absolute Gasteiger partial charge is 0.228 e. The van der Waals surface area contributed by atoms with Crippen LogP contribution in [-0.2, 0) is 14.2 Å². The molecule has 0 aromatic carbocycles. The highest BCUT2D eigenvalue weighted by atomic mass is 28.3. The number of hydrogen-bond donors (Lipinski definition) is 0. The molecule has 4 heavy (non-hydrogen) atoms. The van der Waals surface area contributed by atoms with Gasteiger partial charge in [-0.3, -0.25) is 0 Å². The van der Waals surface area contributed by atoms with E-state index in [1.54, 1.807) is 0 Å². The molecule has 1 rings (SSSR count). The second-order valence-corrected chi connectivity index (χ2v) is 1.13. The first-order valence-corrected chi connectivity index (χ1v) is 2.07. The van der Waals surface area contributed by atoms with Crippen molar-refractivity contribution in [1.29, 1.82) is 0 Å². The topological polar surface area (TPSA) is 27.7 Å². The Labute approximate surface area is 25.4 Å². The first-order valence-electron chi connectivity index (χ1n) is 0.911. The third-order valence-corrected chi connectivity index (χ3v) is 0.577. The summed E-state index contributed by atoms with van der Waals surface area (Å²) in [4.78, 5) is 0. The average molecular weight is 78.1 g/mol. The minimum Gasteiger partial charge on any atom is -0.228 e. The van der Waals surface area contributed by atoms with Crippen molar-refractivity contribution in [2.45, 2.75) is 0 Å². The zero-order chi connectivity index (χ0) is 2.83. The van der Waals surface area contributed by atoms with Gasteiger partial charge in [-0.25, -0.2) is 9.15 Å². The molecule has 0 amide bonds. The van der Waals surface area contributed by atoms with E-state index in [1.165, 1.54) is 0 Å². The van der Waals surface area contributed by atoms with Gasteiger partial charge in [0.05, 0.1) is 0 Å². The van der Waals surface area contributed by atoms with Crippen LogP contribution >= 0.6 is 0 Å². The van der Waals surface area contributed by atoms with Crippen molar-refractivity contribution in [3.05, 3.63) is 0 Å². The first-order chi connectivity index (χ1) is 2.00. The van der Waals surface area contributed by atoms with E-state index in [-0.39, 0.29) is 0 Å².